The standard InChI is InChI=1S/C22H44P2S/c1-19(2,3)23(20(4,5)6)16-14-13-15-17(18(16)25)24(21(7,8)9)22(10,11)12/h16-17H,13-15H2,1-12H3. The van der Waals surface area contributed by atoms with Gasteiger partial charge in [-0.25, -0.2) is 0 Å². The van der Waals surface area contributed by atoms with Crippen molar-refractivity contribution in [3.05, 3.63) is 0 Å². The van der Waals surface area contributed by atoms with Crippen LogP contribution in [0.25, 0.3) is 0 Å². The van der Waals surface area contributed by atoms with Crippen LogP contribution in [0.1, 0.15) is 102 Å². The second-order valence-corrected chi connectivity index (χ2v) is 20.4. The van der Waals surface area contributed by atoms with Gasteiger partial charge in [-0.05, 0) is 33.5 Å². The van der Waals surface area contributed by atoms with Gasteiger partial charge in [0.1, 0.15) is 0 Å². The van der Waals surface area contributed by atoms with Crippen molar-refractivity contribution in [1.82, 2.24) is 0 Å². The molecule has 0 aromatic rings. The number of rotatable bonds is 2. The minimum atomic E-state index is -0.154. The Balaban J connectivity index is 3.31. The van der Waals surface area contributed by atoms with Gasteiger partial charge in [-0.15, -0.1) is 0 Å². The van der Waals surface area contributed by atoms with Crippen LogP contribution in [-0.4, -0.2) is 36.8 Å². The maximum atomic E-state index is 6.31. The highest BCUT2D eigenvalue weighted by Crippen LogP contribution is 2.69. The molecule has 2 unspecified atom stereocenters. The average molecular weight is 403 g/mol. The van der Waals surface area contributed by atoms with E-state index in [0.29, 0.717) is 31.9 Å². The molecule has 0 amide bonds. The zero-order chi connectivity index (χ0) is 20.0. The normalized spacial score (nSPS) is 24.3. The molecule has 0 nitrogen and oxygen atoms in total. The highest BCUT2D eigenvalue weighted by Gasteiger charge is 2.48. The van der Waals surface area contributed by atoms with Crippen molar-refractivity contribution in [2.75, 3.05) is 0 Å². The van der Waals surface area contributed by atoms with Gasteiger partial charge in [-0.2, -0.15) is 0 Å². The van der Waals surface area contributed by atoms with Gasteiger partial charge in [0.2, 0.25) is 0 Å². The quantitative estimate of drug-likeness (QED) is 0.330. The molecule has 3 heteroatoms. The summed E-state index contributed by atoms with van der Waals surface area (Å²) < 4.78 is 0. The summed E-state index contributed by atoms with van der Waals surface area (Å²) in [7, 11) is -0.308. The maximum Gasteiger partial charge on any atom is 0.0121 e. The van der Waals surface area contributed by atoms with Crippen LogP contribution in [0.5, 0.6) is 0 Å². The highest BCUT2D eigenvalue weighted by molar-refractivity contribution is 7.83. The van der Waals surface area contributed by atoms with Crippen molar-refractivity contribution in [3.8, 4) is 0 Å². The molecule has 0 saturated heterocycles. The van der Waals surface area contributed by atoms with Crippen LogP contribution in [0.4, 0.5) is 0 Å². The summed E-state index contributed by atoms with van der Waals surface area (Å²) in [5.74, 6) is 0. The van der Waals surface area contributed by atoms with E-state index in [1.54, 1.807) is 0 Å². The molecule has 2 atom stereocenters. The molecule has 0 aromatic carbocycles. The molecule has 0 N–H and O–H groups in total. The zero-order valence-corrected chi connectivity index (χ0v) is 21.7. The predicted octanol–water partition coefficient (Wildman–Crippen LogP) is 8.44. The van der Waals surface area contributed by atoms with E-state index >= 15 is 0 Å². The molecule has 0 radical (unpaired) electrons. The summed E-state index contributed by atoms with van der Waals surface area (Å²) in [4.78, 5) is 1.46. The molecule has 1 aliphatic carbocycles. The molecule has 1 fully saturated rings. The second-order valence-electron chi connectivity index (χ2n) is 11.8. The Labute approximate surface area is 167 Å². The van der Waals surface area contributed by atoms with Gasteiger partial charge in [-0.3, -0.25) is 0 Å². The molecule has 0 bridgehead atoms. The van der Waals surface area contributed by atoms with Crippen LogP contribution in [-0.2, 0) is 0 Å². The third kappa shape index (κ3) is 5.96. The Hall–Kier alpha value is 0.950. The summed E-state index contributed by atoms with van der Waals surface area (Å²) in [6, 6.07) is 0. The predicted molar refractivity (Wildman–Crippen MR) is 127 cm³/mol. The van der Waals surface area contributed by atoms with Crippen LogP contribution >= 0.6 is 28.1 Å². The first-order chi connectivity index (χ1) is 10.9. The average Bonchev–Trinajstić information content (AvgIpc) is 2.26. The monoisotopic (exact) mass is 402 g/mol. The van der Waals surface area contributed by atoms with Crippen molar-refractivity contribution in [2.24, 2.45) is 0 Å². The van der Waals surface area contributed by atoms with E-state index in [2.05, 4.69) is 83.1 Å². The third-order valence-electron chi connectivity index (χ3n) is 5.13. The lowest BCUT2D eigenvalue weighted by Crippen LogP contribution is -2.44. The SMILES string of the molecule is CC(C)(C)P(C1CCCC(P(C(C)(C)C)C(C)(C)C)C1=S)C(C)(C)C. The minimum Gasteiger partial charge on any atom is -0.0883 e. The van der Waals surface area contributed by atoms with Gasteiger partial charge < -0.3 is 0 Å². The maximum absolute atomic E-state index is 6.31. The molecule has 1 rings (SSSR count). The Morgan fingerprint density at radius 2 is 0.840 bits per heavy atom. The van der Waals surface area contributed by atoms with Gasteiger partial charge in [0, 0.05) is 16.2 Å². The third-order valence-corrected chi connectivity index (χ3v) is 14.1. The van der Waals surface area contributed by atoms with E-state index in [9.17, 15) is 0 Å². The molecule has 0 spiro atoms. The molecule has 1 aliphatic rings. The van der Waals surface area contributed by atoms with Crippen molar-refractivity contribution >= 4 is 32.9 Å². The first-order valence-electron chi connectivity index (χ1n) is 10.0. The molecule has 1 saturated carbocycles. The fourth-order valence-corrected chi connectivity index (χ4v) is 15.9. The molecular weight excluding hydrogens is 358 g/mol. The van der Waals surface area contributed by atoms with Crippen LogP contribution in [0.15, 0.2) is 0 Å². The van der Waals surface area contributed by atoms with Crippen molar-refractivity contribution < 1.29 is 0 Å². The highest BCUT2D eigenvalue weighted by atomic mass is 32.1. The Morgan fingerprint density at radius 1 is 0.600 bits per heavy atom. The van der Waals surface area contributed by atoms with Gasteiger partial charge in [-0.1, -0.05) is 118 Å². The number of hydrogen-bond donors (Lipinski definition) is 0. The zero-order valence-electron chi connectivity index (χ0n) is 19.1. The van der Waals surface area contributed by atoms with E-state index in [-0.39, 0.29) is 15.8 Å². The van der Waals surface area contributed by atoms with E-state index in [0.717, 1.165) is 0 Å². The fraction of sp³-hybridized carbons (Fsp3) is 0.955. The van der Waals surface area contributed by atoms with E-state index in [4.69, 9.17) is 12.2 Å². The fourth-order valence-electron chi connectivity index (χ4n) is 5.41. The van der Waals surface area contributed by atoms with Gasteiger partial charge in [0.05, 0.1) is 0 Å². The van der Waals surface area contributed by atoms with E-state index in [1.807, 2.05) is 0 Å². The van der Waals surface area contributed by atoms with Gasteiger partial charge >= 0.3 is 0 Å². The molecule has 148 valence electrons. The Bertz CT molecular complexity index is 398. The first kappa shape index (κ1) is 24.0. The van der Waals surface area contributed by atoms with Crippen LogP contribution < -0.4 is 0 Å². The largest absolute Gasteiger partial charge is 0.0883 e. The lowest BCUT2D eigenvalue weighted by Gasteiger charge is -2.53. The van der Waals surface area contributed by atoms with Crippen LogP contribution in [0, 0.1) is 0 Å². The van der Waals surface area contributed by atoms with Crippen LogP contribution in [0.2, 0.25) is 0 Å². The lowest BCUT2D eigenvalue weighted by molar-refractivity contribution is 0.625. The summed E-state index contributed by atoms with van der Waals surface area (Å²) in [6.07, 6.45) is 4.02. The summed E-state index contributed by atoms with van der Waals surface area (Å²) in [5.41, 5.74) is 1.33. The Kier molecular flexibility index (Phi) is 7.44. The minimum absolute atomic E-state index is 0.154. The number of hydrogen-bond acceptors (Lipinski definition) is 1. The van der Waals surface area contributed by atoms with E-state index in [1.165, 1.54) is 24.1 Å². The van der Waals surface area contributed by atoms with Crippen molar-refractivity contribution in [1.29, 1.82) is 0 Å². The summed E-state index contributed by atoms with van der Waals surface area (Å²) in [6.45, 7) is 29.4. The molecular formula is C22H44P2S. The van der Waals surface area contributed by atoms with Crippen molar-refractivity contribution in [3.63, 3.8) is 0 Å². The lowest BCUT2D eigenvalue weighted by atomic mass is 9.99. The molecule has 25 heavy (non-hydrogen) atoms. The second kappa shape index (κ2) is 7.76. The smallest absolute Gasteiger partial charge is 0.0121 e. The van der Waals surface area contributed by atoms with Gasteiger partial charge in [0.25, 0.3) is 0 Å². The van der Waals surface area contributed by atoms with E-state index < -0.39 is 0 Å². The topological polar surface area (TPSA) is 0 Å². The summed E-state index contributed by atoms with van der Waals surface area (Å²) in [5, 5.41) is 1.43. The molecule has 0 aromatic heterocycles. The first-order valence-corrected chi connectivity index (χ1v) is 13.2. The Morgan fingerprint density at radius 3 is 1.04 bits per heavy atom. The molecule has 0 heterocycles. The van der Waals surface area contributed by atoms with Gasteiger partial charge in [0.15, 0.2) is 0 Å². The molecule has 0 aliphatic heterocycles. The van der Waals surface area contributed by atoms with Crippen LogP contribution in [0.3, 0.4) is 0 Å². The number of thiocarbonyl (C=S) groups is 1. The summed E-state index contributed by atoms with van der Waals surface area (Å²) >= 11 is 6.31. The van der Waals surface area contributed by atoms with Crippen molar-refractivity contribution in [2.45, 2.75) is 134 Å².